The van der Waals surface area contributed by atoms with Crippen LogP contribution in [0.3, 0.4) is 0 Å². The molecule has 1 amide bonds. The third-order valence-electron chi connectivity index (χ3n) is 4.82. The zero-order valence-electron chi connectivity index (χ0n) is 17.4. The molecule has 0 aliphatic rings. The molecule has 1 heterocycles. The summed E-state index contributed by atoms with van der Waals surface area (Å²) in [6.07, 6.45) is 1.64. The van der Waals surface area contributed by atoms with E-state index in [0.717, 1.165) is 11.1 Å². The maximum Gasteiger partial charge on any atom is 0.251 e. The Kier molecular flexibility index (Phi) is 7.90. The number of benzene rings is 2. The van der Waals surface area contributed by atoms with Gasteiger partial charge in [0, 0.05) is 34.5 Å². The van der Waals surface area contributed by atoms with E-state index in [9.17, 15) is 9.18 Å². The van der Waals surface area contributed by atoms with Crippen LogP contribution in [0.4, 0.5) is 10.2 Å². The van der Waals surface area contributed by atoms with E-state index in [4.69, 9.17) is 39.4 Å². The summed E-state index contributed by atoms with van der Waals surface area (Å²) in [6.45, 7) is 2.73. The number of rotatable bonds is 8. The number of aromatic nitrogens is 1. The molecular weight excluding hydrogens is 454 g/mol. The first kappa shape index (κ1) is 23.8. The molecule has 5 N–H and O–H groups in total. The Morgan fingerprint density at radius 2 is 1.91 bits per heavy atom. The van der Waals surface area contributed by atoms with Crippen molar-refractivity contribution >= 4 is 34.9 Å². The van der Waals surface area contributed by atoms with Gasteiger partial charge in [0.2, 0.25) is 0 Å². The summed E-state index contributed by atoms with van der Waals surface area (Å²) in [7, 11) is 0. The first-order valence-corrected chi connectivity index (χ1v) is 10.7. The summed E-state index contributed by atoms with van der Waals surface area (Å²) in [4.78, 5) is 16.3. The number of carbonyl (C=O) groups is 1. The van der Waals surface area contributed by atoms with Gasteiger partial charge in [-0.2, -0.15) is 0 Å². The molecule has 9 heteroatoms. The molecule has 0 saturated heterocycles. The number of ether oxygens (including phenoxy) is 1. The molecule has 168 valence electrons. The lowest BCUT2D eigenvalue weighted by Crippen LogP contribution is -2.25. The standard InChI is InChI=1S/C23H23Cl2FN4O2/c1-13(20-17(24)7-8-18(26)21(20)25)32-19-11-16(12-30-22(19)28)14-3-5-15(6-4-14)23(31)29-10-2-9-27/h3-8,11-13H,2,9-10,27H2,1H3,(H2,28,30)(H,29,31). The first-order valence-electron chi connectivity index (χ1n) is 9.96. The predicted molar refractivity (Wildman–Crippen MR) is 126 cm³/mol. The summed E-state index contributed by atoms with van der Waals surface area (Å²) >= 11 is 12.3. The monoisotopic (exact) mass is 476 g/mol. The van der Waals surface area contributed by atoms with Gasteiger partial charge in [0.25, 0.3) is 5.91 Å². The van der Waals surface area contributed by atoms with E-state index >= 15 is 0 Å². The van der Waals surface area contributed by atoms with Crippen LogP contribution in [0, 0.1) is 5.82 Å². The third-order valence-corrected chi connectivity index (χ3v) is 5.53. The van der Waals surface area contributed by atoms with E-state index in [2.05, 4.69) is 10.3 Å². The number of nitrogen functional groups attached to an aromatic ring is 1. The summed E-state index contributed by atoms with van der Waals surface area (Å²) in [6, 6.07) is 11.4. The van der Waals surface area contributed by atoms with E-state index in [1.807, 2.05) is 0 Å². The van der Waals surface area contributed by atoms with Gasteiger partial charge in [0.05, 0.1) is 5.02 Å². The molecule has 2 aromatic carbocycles. The molecule has 0 aliphatic carbocycles. The molecule has 0 bridgehead atoms. The molecule has 3 aromatic rings. The zero-order valence-corrected chi connectivity index (χ0v) is 18.9. The number of amides is 1. The van der Waals surface area contributed by atoms with Gasteiger partial charge in [0.1, 0.15) is 11.9 Å². The van der Waals surface area contributed by atoms with Gasteiger partial charge in [-0.15, -0.1) is 0 Å². The lowest BCUT2D eigenvalue weighted by Gasteiger charge is -2.19. The predicted octanol–water partition coefficient (Wildman–Crippen LogP) is 5.00. The molecule has 1 aromatic heterocycles. The number of hydrogen-bond acceptors (Lipinski definition) is 5. The van der Waals surface area contributed by atoms with E-state index in [1.54, 1.807) is 43.5 Å². The minimum atomic E-state index is -0.676. The average molecular weight is 477 g/mol. The van der Waals surface area contributed by atoms with Crippen LogP contribution in [0.15, 0.2) is 48.7 Å². The number of anilines is 1. The van der Waals surface area contributed by atoms with Crippen molar-refractivity contribution in [3.05, 3.63) is 75.7 Å². The molecule has 3 rings (SSSR count). The summed E-state index contributed by atoms with van der Waals surface area (Å²) in [5.41, 5.74) is 13.8. The van der Waals surface area contributed by atoms with Crippen molar-refractivity contribution in [3.63, 3.8) is 0 Å². The number of halogens is 3. The Morgan fingerprint density at radius 1 is 1.19 bits per heavy atom. The SMILES string of the molecule is CC(Oc1cc(-c2ccc(C(=O)NCCCN)cc2)cnc1N)c1c(Cl)ccc(F)c1Cl. The fourth-order valence-corrected chi connectivity index (χ4v) is 3.77. The van der Waals surface area contributed by atoms with Crippen LogP contribution in [0.5, 0.6) is 5.75 Å². The lowest BCUT2D eigenvalue weighted by molar-refractivity contribution is 0.0953. The molecule has 32 heavy (non-hydrogen) atoms. The second kappa shape index (κ2) is 10.6. The Balaban J connectivity index is 1.80. The van der Waals surface area contributed by atoms with Crippen LogP contribution in [0.2, 0.25) is 10.0 Å². The second-order valence-electron chi connectivity index (χ2n) is 7.10. The average Bonchev–Trinajstić information content (AvgIpc) is 2.78. The molecule has 1 unspecified atom stereocenters. The van der Waals surface area contributed by atoms with Crippen molar-refractivity contribution in [3.8, 4) is 16.9 Å². The highest BCUT2D eigenvalue weighted by molar-refractivity contribution is 6.36. The van der Waals surface area contributed by atoms with Crippen molar-refractivity contribution in [1.82, 2.24) is 10.3 Å². The fraction of sp³-hybridized carbons (Fsp3) is 0.217. The molecule has 0 saturated carbocycles. The molecule has 0 radical (unpaired) electrons. The maximum atomic E-state index is 13.9. The Morgan fingerprint density at radius 3 is 2.59 bits per heavy atom. The highest BCUT2D eigenvalue weighted by atomic mass is 35.5. The van der Waals surface area contributed by atoms with Crippen LogP contribution in [-0.2, 0) is 0 Å². The fourth-order valence-electron chi connectivity index (χ4n) is 3.09. The van der Waals surface area contributed by atoms with E-state index in [1.165, 1.54) is 12.1 Å². The normalized spacial score (nSPS) is 11.8. The zero-order chi connectivity index (χ0) is 23.3. The van der Waals surface area contributed by atoms with E-state index in [-0.39, 0.29) is 21.8 Å². The lowest BCUT2D eigenvalue weighted by atomic mass is 10.0. The second-order valence-corrected chi connectivity index (χ2v) is 7.88. The minimum Gasteiger partial charge on any atom is -0.482 e. The number of nitrogens with one attached hydrogen (secondary N) is 1. The van der Waals surface area contributed by atoms with Crippen LogP contribution in [0.1, 0.15) is 35.4 Å². The van der Waals surface area contributed by atoms with Crippen molar-refractivity contribution in [2.45, 2.75) is 19.4 Å². The smallest absolute Gasteiger partial charge is 0.251 e. The summed E-state index contributed by atoms with van der Waals surface area (Å²) in [5, 5.41) is 2.99. The third kappa shape index (κ3) is 5.48. The number of carbonyl (C=O) groups excluding carboxylic acids is 1. The molecular formula is C23H23Cl2FN4O2. The van der Waals surface area contributed by atoms with Crippen molar-refractivity contribution in [1.29, 1.82) is 0 Å². The van der Waals surface area contributed by atoms with Gasteiger partial charge in [-0.25, -0.2) is 9.37 Å². The van der Waals surface area contributed by atoms with Gasteiger partial charge in [-0.3, -0.25) is 4.79 Å². The maximum absolute atomic E-state index is 13.9. The number of pyridine rings is 1. The highest BCUT2D eigenvalue weighted by Crippen LogP contribution is 2.36. The van der Waals surface area contributed by atoms with Crippen LogP contribution in [0.25, 0.3) is 11.1 Å². The van der Waals surface area contributed by atoms with Gasteiger partial charge in [-0.1, -0.05) is 35.3 Å². The summed E-state index contributed by atoms with van der Waals surface area (Å²) in [5.74, 6) is -0.286. The van der Waals surface area contributed by atoms with Gasteiger partial charge < -0.3 is 21.5 Å². The number of nitrogens with two attached hydrogens (primary N) is 2. The minimum absolute atomic E-state index is 0.104. The van der Waals surface area contributed by atoms with Crippen molar-refractivity contribution in [2.75, 3.05) is 18.8 Å². The van der Waals surface area contributed by atoms with Crippen LogP contribution >= 0.6 is 23.2 Å². The molecule has 6 nitrogen and oxygen atoms in total. The Bertz CT molecular complexity index is 1110. The first-order chi connectivity index (χ1) is 15.3. The Labute approximate surface area is 195 Å². The van der Waals surface area contributed by atoms with Crippen LogP contribution in [-0.4, -0.2) is 24.0 Å². The number of nitrogens with zero attached hydrogens (tertiary/aromatic N) is 1. The summed E-state index contributed by atoms with van der Waals surface area (Å²) < 4.78 is 19.8. The quantitative estimate of drug-likeness (QED) is 0.313. The topological polar surface area (TPSA) is 103 Å². The van der Waals surface area contributed by atoms with Crippen molar-refractivity contribution in [2.24, 2.45) is 5.73 Å². The molecule has 0 aliphatic heterocycles. The van der Waals surface area contributed by atoms with Crippen LogP contribution < -0.4 is 21.5 Å². The van der Waals surface area contributed by atoms with E-state index in [0.29, 0.717) is 36.4 Å². The highest BCUT2D eigenvalue weighted by Gasteiger charge is 2.20. The van der Waals surface area contributed by atoms with Gasteiger partial charge in [-0.05, 0) is 55.8 Å². The molecule has 0 spiro atoms. The molecule has 0 fully saturated rings. The largest absolute Gasteiger partial charge is 0.482 e. The molecule has 1 atom stereocenters. The van der Waals surface area contributed by atoms with Gasteiger partial charge in [0.15, 0.2) is 11.6 Å². The number of hydrogen-bond donors (Lipinski definition) is 3. The Hall–Kier alpha value is -2.87. The van der Waals surface area contributed by atoms with Crippen molar-refractivity contribution < 1.29 is 13.9 Å². The van der Waals surface area contributed by atoms with E-state index < -0.39 is 11.9 Å². The van der Waals surface area contributed by atoms with Gasteiger partial charge >= 0.3 is 0 Å².